The molecule has 148 valence electrons. The van der Waals surface area contributed by atoms with Gasteiger partial charge in [0.1, 0.15) is 0 Å². The number of benzene rings is 2. The van der Waals surface area contributed by atoms with Crippen molar-refractivity contribution in [1.82, 2.24) is 15.5 Å². The van der Waals surface area contributed by atoms with Crippen LogP contribution in [0.4, 0.5) is 0 Å². The normalized spacial score (nSPS) is 21.0. The number of nitrogens with zero attached hydrogens (tertiary/aromatic N) is 1. The molecule has 0 spiro atoms. The summed E-state index contributed by atoms with van der Waals surface area (Å²) < 4.78 is 6.19. The number of rotatable bonds is 6. The first-order valence-corrected chi connectivity index (χ1v) is 10.3. The van der Waals surface area contributed by atoms with Gasteiger partial charge in [-0.2, -0.15) is 5.10 Å². The van der Waals surface area contributed by atoms with Gasteiger partial charge in [-0.3, -0.25) is 9.89 Å². The van der Waals surface area contributed by atoms with Gasteiger partial charge in [-0.1, -0.05) is 36.4 Å². The molecule has 2 aliphatic rings. The molecule has 0 saturated heterocycles. The number of nitrogens with one attached hydrogen (secondary N) is 2. The van der Waals surface area contributed by atoms with Crippen molar-refractivity contribution in [1.29, 1.82) is 0 Å². The lowest BCUT2D eigenvalue weighted by atomic mass is 10.1. The van der Waals surface area contributed by atoms with Gasteiger partial charge in [0.15, 0.2) is 0 Å². The molecule has 1 saturated carbocycles. The van der Waals surface area contributed by atoms with Crippen molar-refractivity contribution in [3.05, 3.63) is 70.9 Å². The summed E-state index contributed by atoms with van der Waals surface area (Å²) in [6.45, 7) is 2.80. The molecule has 1 aromatic heterocycles. The molecule has 0 radical (unpaired) electrons. The van der Waals surface area contributed by atoms with E-state index in [0.717, 1.165) is 35.2 Å². The molecule has 0 unspecified atom stereocenters. The number of ether oxygens (including phenoxy) is 1. The van der Waals surface area contributed by atoms with Crippen LogP contribution in [-0.2, 0) is 16.0 Å². The standard InChI is InChI=1S/C24H25N3O2/c1-15-19-10-8-16(12-21(19)27-26-15)9-11-23(28)25-24-20-5-3-2-4-18(20)13-22(24)29-14-17-6-7-17/h2-5,8-12,17,22,24H,6-7,13-14H2,1H3,(H,25,28)(H,26,27)/b11-9+/t22-,24-/m0/s1. The third-order valence-electron chi connectivity index (χ3n) is 5.92. The monoisotopic (exact) mass is 387 g/mol. The van der Waals surface area contributed by atoms with E-state index in [0.29, 0.717) is 5.92 Å². The van der Waals surface area contributed by atoms with Crippen molar-refractivity contribution >= 4 is 22.9 Å². The van der Waals surface area contributed by atoms with Crippen LogP contribution in [0.15, 0.2) is 48.5 Å². The second kappa shape index (κ2) is 7.48. The van der Waals surface area contributed by atoms with Crippen LogP contribution in [0.5, 0.6) is 0 Å². The van der Waals surface area contributed by atoms with E-state index in [1.165, 1.54) is 24.0 Å². The number of fused-ring (bicyclic) bond motifs is 2. The summed E-state index contributed by atoms with van der Waals surface area (Å²) in [5, 5.41) is 11.5. The topological polar surface area (TPSA) is 67.0 Å². The maximum absolute atomic E-state index is 12.7. The number of hydrogen-bond acceptors (Lipinski definition) is 3. The average Bonchev–Trinajstić information content (AvgIpc) is 3.41. The minimum atomic E-state index is -0.106. The van der Waals surface area contributed by atoms with Crippen molar-refractivity contribution in [2.45, 2.75) is 38.3 Å². The van der Waals surface area contributed by atoms with Crippen molar-refractivity contribution in [3.63, 3.8) is 0 Å². The van der Waals surface area contributed by atoms with E-state index in [1.54, 1.807) is 6.08 Å². The summed E-state index contributed by atoms with van der Waals surface area (Å²) in [5.41, 5.74) is 5.34. The van der Waals surface area contributed by atoms with Crippen molar-refractivity contribution in [2.24, 2.45) is 5.92 Å². The Balaban J connectivity index is 1.29. The molecule has 5 rings (SSSR count). The average molecular weight is 387 g/mol. The van der Waals surface area contributed by atoms with Crippen LogP contribution >= 0.6 is 0 Å². The first-order chi connectivity index (χ1) is 14.2. The molecule has 5 nitrogen and oxygen atoms in total. The van der Waals surface area contributed by atoms with Gasteiger partial charge in [-0.25, -0.2) is 0 Å². The zero-order valence-electron chi connectivity index (χ0n) is 16.5. The lowest BCUT2D eigenvalue weighted by Crippen LogP contribution is -2.34. The number of aryl methyl sites for hydroxylation is 1. The molecule has 5 heteroatoms. The van der Waals surface area contributed by atoms with Gasteiger partial charge in [0, 0.05) is 30.2 Å². The summed E-state index contributed by atoms with van der Waals surface area (Å²) in [5.74, 6) is 0.598. The molecule has 2 aliphatic carbocycles. The maximum atomic E-state index is 12.7. The van der Waals surface area contributed by atoms with Crippen LogP contribution < -0.4 is 5.32 Å². The van der Waals surface area contributed by atoms with E-state index in [9.17, 15) is 4.79 Å². The lowest BCUT2D eigenvalue weighted by Gasteiger charge is -2.22. The zero-order valence-corrected chi connectivity index (χ0v) is 16.5. The predicted octanol–water partition coefficient (Wildman–Crippen LogP) is 4.09. The quantitative estimate of drug-likeness (QED) is 0.626. The maximum Gasteiger partial charge on any atom is 0.244 e. The highest BCUT2D eigenvalue weighted by Crippen LogP contribution is 2.36. The largest absolute Gasteiger partial charge is 0.375 e. The molecule has 1 heterocycles. The predicted molar refractivity (Wildman–Crippen MR) is 113 cm³/mol. The van der Waals surface area contributed by atoms with Gasteiger partial charge >= 0.3 is 0 Å². The highest BCUT2D eigenvalue weighted by Gasteiger charge is 2.35. The van der Waals surface area contributed by atoms with Gasteiger partial charge in [-0.15, -0.1) is 0 Å². The summed E-state index contributed by atoms with van der Waals surface area (Å²) in [6, 6.07) is 14.2. The van der Waals surface area contributed by atoms with Gasteiger partial charge in [0.25, 0.3) is 0 Å². The summed E-state index contributed by atoms with van der Waals surface area (Å²) >= 11 is 0. The number of aromatic nitrogens is 2. The van der Waals surface area contributed by atoms with E-state index in [1.807, 2.05) is 43.3 Å². The number of carbonyl (C=O) groups excluding carboxylic acids is 1. The van der Waals surface area contributed by atoms with E-state index in [4.69, 9.17) is 4.74 Å². The van der Waals surface area contributed by atoms with Crippen molar-refractivity contribution in [2.75, 3.05) is 6.61 Å². The molecule has 3 aromatic rings. The number of hydrogen-bond donors (Lipinski definition) is 2. The van der Waals surface area contributed by atoms with Crippen LogP contribution in [-0.4, -0.2) is 28.8 Å². The fraction of sp³-hybridized carbons (Fsp3) is 0.333. The molecule has 0 aliphatic heterocycles. The van der Waals surface area contributed by atoms with Crippen LogP contribution in [0.1, 0.15) is 41.3 Å². The Morgan fingerprint density at radius 1 is 1.28 bits per heavy atom. The fourth-order valence-corrected chi connectivity index (χ4v) is 4.07. The smallest absolute Gasteiger partial charge is 0.244 e. The number of H-pyrrole nitrogens is 1. The Morgan fingerprint density at radius 2 is 2.14 bits per heavy atom. The molecule has 0 bridgehead atoms. The van der Waals surface area contributed by atoms with Crippen LogP contribution in [0.2, 0.25) is 0 Å². The number of carbonyl (C=O) groups is 1. The second-order valence-corrected chi connectivity index (χ2v) is 8.16. The molecule has 2 N–H and O–H groups in total. The Morgan fingerprint density at radius 3 is 3.00 bits per heavy atom. The Bertz CT molecular complexity index is 1080. The zero-order chi connectivity index (χ0) is 19.8. The van der Waals surface area contributed by atoms with E-state index >= 15 is 0 Å². The molecule has 2 aromatic carbocycles. The van der Waals surface area contributed by atoms with Gasteiger partial charge in [0.05, 0.1) is 17.7 Å². The molecule has 2 atom stereocenters. The van der Waals surface area contributed by atoms with E-state index in [2.05, 4.69) is 27.6 Å². The minimum Gasteiger partial charge on any atom is -0.375 e. The third kappa shape index (κ3) is 3.83. The highest BCUT2D eigenvalue weighted by molar-refractivity contribution is 5.93. The Hall–Kier alpha value is -2.92. The molecular formula is C24H25N3O2. The van der Waals surface area contributed by atoms with Gasteiger partial charge < -0.3 is 10.1 Å². The summed E-state index contributed by atoms with van der Waals surface area (Å²) in [7, 11) is 0. The fourth-order valence-electron chi connectivity index (χ4n) is 4.07. The molecule has 1 fully saturated rings. The lowest BCUT2D eigenvalue weighted by molar-refractivity contribution is -0.118. The molecule has 29 heavy (non-hydrogen) atoms. The molecular weight excluding hydrogens is 362 g/mol. The number of aromatic amines is 1. The van der Waals surface area contributed by atoms with Gasteiger partial charge in [0.2, 0.25) is 5.91 Å². The SMILES string of the molecule is Cc1[nH]nc2cc(/C=C/C(=O)N[C@H]3c4ccccc4C[C@@H]3OCC3CC3)ccc12. The molecule has 1 amide bonds. The summed E-state index contributed by atoms with van der Waals surface area (Å²) in [4.78, 5) is 12.7. The first kappa shape index (κ1) is 18.1. The summed E-state index contributed by atoms with van der Waals surface area (Å²) in [6.07, 6.45) is 6.82. The highest BCUT2D eigenvalue weighted by atomic mass is 16.5. The first-order valence-electron chi connectivity index (χ1n) is 10.3. The third-order valence-corrected chi connectivity index (χ3v) is 5.92. The minimum absolute atomic E-state index is 0.00808. The van der Waals surface area contributed by atoms with Crippen LogP contribution in [0.3, 0.4) is 0 Å². The van der Waals surface area contributed by atoms with Crippen LogP contribution in [0.25, 0.3) is 17.0 Å². The van der Waals surface area contributed by atoms with Crippen LogP contribution in [0, 0.1) is 12.8 Å². The van der Waals surface area contributed by atoms with E-state index in [-0.39, 0.29) is 18.1 Å². The second-order valence-electron chi connectivity index (χ2n) is 8.16. The van der Waals surface area contributed by atoms with Crippen molar-refractivity contribution in [3.8, 4) is 0 Å². The number of amides is 1. The Kier molecular flexibility index (Phi) is 4.68. The van der Waals surface area contributed by atoms with Crippen molar-refractivity contribution < 1.29 is 9.53 Å². The van der Waals surface area contributed by atoms with Gasteiger partial charge in [-0.05, 0) is 54.5 Å². The Labute approximate surface area is 170 Å². The van der Waals surface area contributed by atoms with E-state index < -0.39 is 0 Å².